The Morgan fingerprint density at radius 3 is 2.14 bits per heavy atom. The largest absolute Gasteiger partial charge is 1.00 e. The molecular weight excluding hydrogens is 581 g/mol. The standard InChI is InChI=1S/C33H38F2N2O4S.Na/c1-5-7-26(8-6-2)36-42-33-30(22-9-13-24(34)14-10-22)32(23-11-15-25(35)16-12-23)37(31(33)21(3)4)18-17-27(38)19-28(39)20-29(40)41;/h5-16,21,27-28,36,38-39H,1,17-20H2,2-4H3,(H,40,41);/q;+1/p-1/b8-6-,26-7+;. The molecule has 6 nitrogen and oxygen atoms in total. The van der Waals surface area contributed by atoms with E-state index in [2.05, 4.69) is 15.9 Å². The summed E-state index contributed by atoms with van der Waals surface area (Å²) in [5.74, 6) is -2.15. The van der Waals surface area contributed by atoms with Gasteiger partial charge in [0.05, 0.1) is 22.8 Å². The number of halogens is 2. The van der Waals surface area contributed by atoms with Crippen LogP contribution in [0.1, 0.15) is 51.6 Å². The molecular formula is C33H37F2N2NaO4S. The third kappa shape index (κ3) is 10.2. The molecule has 0 aliphatic rings. The van der Waals surface area contributed by atoms with Gasteiger partial charge in [0.15, 0.2) is 0 Å². The fraction of sp³-hybridized carbons (Fsp3) is 0.303. The first-order valence-electron chi connectivity index (χ1n) is 13.8. The molecule has 0 saturated heterocycles. The van der Waals surface area contributed by atoms with Crippen LogP contribution in [0.4, 0.5) is 8.78 Å². The second-order valence-corrected chi connectivity index (χ2v) is 11.0. The van der Waals surface area contributed by atoms with E-state index in [1.807, 2.05) is 39.0 Å². The van der Waals surface area contributed by atoms with E-state index in [4.69, 9.17) is 0 Å². The summed E-state index contributed by atoms with van der Waals surface area (Å²) in [6.07, 6.45) is 4.65. The van der Waals surface area contributed by atoms with Gasteiger partial charge in [0, 0.05) is 35.9 Å². The van der Waals surface area contributed by atoms with Gasteiger partial charge in [0.25, 0.3) is 0 Å². The molecule has 3 aromatic rings. The minimum atomic E-state index is -1.39. The van der Waals surface area contributed by atoms with Gasteiger partial charge in [-0.05, 0) is 97.3 Å². The van der Waals surface area contributed by atoms with Crippen LogP contribution in [0.3, 0.4) is 0 Å². The molecule has 3 rings (SSSR count). The van der Waals surface area contributed by atoms with Crippen molar-refractivity contribution in [2.24, 2.45) is 0 Å². The average Bonchev–Trinajstić information content (AvgIpc) is 3.25. The van der Waals surface area contributed by atoms with E-state index in [9.17, 15) is 28.9 Å². The number of benzene rings is 2. The van der Waals surface area contributed by atoms with Crippen molar-refractivity contribution in [3.63, 3.8) is 0 Å². The van der Waals surface area contributed by atoms with Crippen LogP contribution in [0, 0.1) is 11.6 Å². The molecule has 0 aliphatic carbocycles. The van der Waals surface area contributed by atoms with E-state index in [-0.39, 0.29) is 60.0 Å². The number of aromatic nitrogens is 1. The van der Waals surface area contributed by atoms with Crippen LogP contribution in [-0.4, -0.2) is 33.0 Å². The number of aliphatic carboxylic acids is 1. The molecule has 224 valence electrons. The Kier molecular flexibility index (Phi) is 14.9. The zero-order valence-electron chi connectivity index (χ0n) is 25.0. The Morgan fingerprint density at radius 1 is 1.05 bits per heavy atom. The van der Waals surface area contributed by atoms with Crippen LogP contribution in [0.2, 0.25) is 0 Å². The summed E-state index contributed by atoms with van der Waals surface area (Å²) in [4.78, 5) is 11.8. The van der Waals surface area contributed by atoms with Crippen molar-refractivity contribution in [1.29, 1.82) is 0 Å². The fourth-order valence-corrected chi connectivity index (χ4v) is 5.96. The van der Waals surface area contributed by atoms with Crippen LogP contribution in [0.5, 0.6) is 0 Å². The molecule has 0 fully saturated rings. The molecule has 0 amide bonds. The van der Waals surface area contributed by atoms with E-state index in [0.717, 1.165) is 38.7 Å². The number of nitrogens with one attached hydrogen (secondary N) is 1. The average molecular weight is 619 g/mol. The van der Waals surface area contributed by atoms with Gasteiger partial charge in [-0.1, -0.05) is 44.7 Å². The first-order chi connectivity index (χ1) is 20.0. The van der Waals surface area contributed by atoms with Gasteiger partial charge in [0.1, 0.15) is 11.6 Å². The molecule has 0 aliphatic heterocycles. The Labute approximate surface area is 278 Å². The number of aliphatic hydroxyl groups is 2. The third-order valence-electron chi connectivity index (χ3n) is 6.60. The predicted molar refractivity (Wildman–Crippen MR) is 162 cm³/mol. The normalized spacial score (nSPS) is 13.2. The summed E-state index contributed by atoms with van der Waals surface area (Å²) in [6.45, 7) is 10.1. The zero-order chi connectivity index (χ0) is 30.8. The van der Waals surface area contributed by atoms with Crippen molar-refractivity contribution >= 4 is 17.9 Å². The molecule has 43 heavy (non-hydrogen) atoms. The molecule has 0 saturated carbocycles. The van der Waals surface area contributed by atoms with Gasteiger partial charge in [-0.3, -0.25) is 0 Å². The molecule has 2 atom stereocenters. The van der Waals surface area contributed by atoms with Crippen molar-refractivity contribution in [3.05, 3.63) is 102 Å². The number of carboxylic acid groups (broad SMARTS) is 1. The smallest absolute Gasteiger partial charge is 0.550 e. The number of carbonyl (C=O) groups excluding carboxylic acids is 1. The van der Waals surface area contributed by atoms with Crippen LogP contribution in [-0.2, 0) is 11.3 Å². The molecule has 10 heteroatoms. The van der Waals surface area contributed by atoms with Gasteiger partial charge in [0.2, 0.25) is 0 Å². The maximum Gasteiger partial charge on any atom is 1.00 e. The first-order valence-corrected chi connectivity index (χ1v) is 14.6. The number of allylic oxidation sites excluding steroid dienone is 4. The molecule has 2 aromatic carbocycles. The van der Waals surface area contributed by atoms with Gasteiger partial charge in [-0.25, -0.2) is 8.78 Å². The maximum atomic E-state index is 14.0. The third-order valence-corrected chi connectivity index (χ3v) is 7.56. The van der Waals surface area contributed by atoms with Crippen LogP contribution < -0.4 is 39.4 Å². The fourth-order valence-electron chi connectivity index (χ4n) is 4.84. The number of rotatable bonds is 15. The van der Waals surface area contributed by atoms with Crippen LogP contribution in [0.15, 0.2) is 90.0 Å². The number of aliphatic hydroxyl groups excluding tert-OH is 2. The summed E-state index contributed by atoms with van der Waals surface area (Å²) in [6, 6.07) is 12.3. The van der Waals surface area contributed by atoms with Crippen molar-refractivity contribution in [2.75, 3.05) is 0 Å². The molecule has 1 aromatic heterocycles. The second-order valence-electron chi connectivity index (χ2n) is 10.2. The van der Waals surface area contributed by atoms with Crippen molar-refractivity contribution < 1.29 is 58.5 Å². The summed E-state index contributed by atoms with van der Waals surface area (Å²) in [7, 11) is 0. The Bertz CT molecular complexity index is 1420. The van der Waals surface area contributed by atoms with Gasteiger partial charge in [-0.2, -0.15) is 0 Å². The van der Waals surface area contributed by atoms with Gasteiger partial charge >= 0.3 is 29.6 Å². The second kappa shape index (κ2) is 17.6. The van der Waals surface area contributed by atoms with Gasteiger partial charge in [-0.15, -0.1) is 0 Å². The van der Waals surface area contributed by atoms with Crippen molar-refractivity contribution in [3.8, 4) is 22.4 Å². The Morgan fingerprint density at radius 2 is 1.63 bits per heavy atom. The van der Waals surface area contributed by atoms with Gasteiger partial charge < -0.3 is 29.4 Å². The molecule has 0 bridgehead atoms. The molecule has 0 spiro atoms. The van der Waals surface area contributed by atoms with Crippen LogP contribution >= 0.6 is 11.9 Å². The number of carboxylic acids is 1. The molecule has 3 N–H and O–H groups in total. The SMILES string of the molecule is C=C/C=C(\C=C/C)NSc1c(-c2ccc(F)cc2)c(-c2ccc(F)cc2)n(CCC(O)CC(O)CC(=O)[O-])c1C(C)C.[Na+]. The van der Waals surface area contributed by atoms with Crippen LogP contribution in [0.25, 0.3) is 22.4 Å². The van der Waals surface area contributed by atoms with E-state index < -0.39 is 24.6 Å². The number of carbonyl (C=O) groups is 1. The topological polar surface area (TPSA) is 97.6 Å². The minimum Gasteiger partial charge on any atom is -0.550 e. The van der Waals surface area contributed by atoms with Crippen molar-refractivity contribution in [1.82, 2.24) is 9.29 Å². The van der Waals surface area contributed by atoms with E-state index in [1.165, 1.54) is 36.2 Å². The summed E-state index contributed by atoms with van der Waals surface area (Å²) in [5, 5.41) is 31.6. The number of hydrogen-bond donors (Lipinski definition) is 3. The summed E-state index contributed by atoms with van der Waals surface area (Å²) in [5.41, 5.74) is 4.81. The summed E-state index contributed by atoms with van der Waals surface area (Å²) < 4.78 is 33.5. The van der Waals surface area contributed by atoms with Crippen molar-refractivity contribution in [2.45, 2.75) is 69.6 Å². The van der Waals surface area contributed by atoms with E-state index in [1.54, 1.807) is 30.3 Å². The van der Waals surface area contributed by atoms with E-state index in [0.29, 0.717) is 6.54 Å². The van der Waals surface area contributed by atoms with E-state index >= 15 is 0 Å². The first kappa shape index (κ1) is 36.5. The quantitative estimate of drug-likeness (QED) is 0.138. The predicted octanol–water partition coefficient (Wildman–Crippen LogP) is 3.11. The zero-order valence-corrected chi connectivity index (χ0v) is 27.8. The Balaban J connectivity index is 0.00000645. The molecule has 2 unspecified atom stereocenters. The Hall–Kier alpha value is -2.66. The maximum absolute atomic E-state index is 14.0. The minimum absolute atomic E-state index is 0. The molecule has 1 heterocycles. The summed E-state index contributed by atoms with van der Waals surface area (Å²) >= 11 is 1.39. The number of nitrogens with zero attached hydrogens (tertiary/aromatic N) is 1. The number of hydrogen-bond acceptors (Lipinski definition) is 6. The molecule has 0 radical (unpaired) electrons. The monoisotopic (exact) mass is 618 g/mol.